The quantitative estimate of drug-likeness (QED) is 0.858. The molecule has 1 fully saturated rings. The Hall–Kier alpha value is -1.84. The van der Waals surface area contributed by atoms with Gasteiger partial charge >= 0.3 is 5.97 Å². The summed E-state index contributed by atoms with van der Waals surface area (Å²) in [5, 5.41) is 8.75. The third kappa shape index (κ3) is 3.84. The van der Waals surface area contributed by atoms with E-state index in [0.29, 0.717) is 23.1 Å². The number of piperidine rings is 1. The van der Waals surface area contributed by atoms with Gasteiger partial charge in [0.1, 0.15) is 5.82 Å². The van der Waals surface area contributed by atoms with Gasteiger partial charge in [0, 0.05) is 24.7 Å². The molecule has 1 heterocycles. The van der Waals surface area contributed by atoms with Crippen LogP contribution in [-0.4, -0.2) is 24.2 Å². The Morgan fingerprint density at radius 2 is 2.05 bits per heavy atom. The van der Waals surface area contributed by atoms with Crippen molar-refractivity contribution in [2.75, 3.05) is 18.0 Å². The fraction of sp³-hybridized carbons (Fsp3) is 0.471. The molecule has 0 radical (unpaired) electrons. The Labute approximate surface area is 125 Å². The van der Waals surface area contributed by atoms with E-state index in [9.17, 15) is 9.18 Å². The second kappa shape index (κ2) is 6.74. The molecule has 0 saturated carbocycles. The van der Waals surface area contributed by atoms with Crippen molar-refractivity contribution in [3.05, 3.63) is 35.7 Å². The number of carbonyl (C=O) groups is 1. The predicted octanol–water partition coefficient (Wildman–Crippen LogP) is 3.80. The molecule has 1 aromatic rings. The molecule has 0 unspecified atom stereocenters. The average Bonchev–Trinajstić information content (AvgIpc) is 2.45. The third-order valence-corrected chi connectivity index (χ3v) is 4.22. The Balaban J connectivity index is 2.21. The summed E-state index contributed by atoms with van der Waals surface area (Å²) in [6.45, 7) is 6.09. The molecule has 4 heteroatoms. The summed E-state index contributed by atoms with van der Waals surface area (Å²) in [5.41, 5.74) is 1.15. The second-order valence-corrected chi connectivity index (χ2v) is 5.92. The van der Waals surface area contributed by atoms with Gasteiger partial charge in [-0.25, -0.2) is 9.18 Å². The lowest BCUT2D eigenvalue weighted by atomic mass is 9.86. The van der Waals surface area contributed by atoms with Gasteiger partial charge in [-0.05, 0) is 36.8 Å². The van der Waals surface area contributed by atoms with Gasteiger partial charge in [-0.15, -0.1) is 0 Å². The van der Waals surface area contributed by atoms with Crippen molar-refractivity contribution in [1.82, 2.24) is 0 Å². The lowest BCUT2D eigenvalue weighted by molar-refractivity contribution is -0.131. The number of hydrogen-bond acceptors (Lipinski definition) is 2. The first kappa shape index (κ1) is 15.5. The molecule has 0 bridgehead atoms. The van der Waals surface area contributed by atoms with Crippen LogP contribution in [0.3, 0.4) is 0 Å². The van der Waals surface area contributed by atoms with E-state index in [1.54, 1.807) is 12.1 Å². The molecule has 1 N–H and O–H groups in total. The van der Waals surface area contributed by atoms with Gasteiger partial charge in [0.2, 0.25) is 0 Å². The number of nitrogens with zero attached hydrogens (tertiary/aromatic N) is 1. The molecular formula is C17H22FNO2. The highest BCUT2D eigenvalue weighted by molar-refractivity contribution is 5.87. The fourth-order valence-electron chi connectivity index (χ4n) is 2.95. The van der Waals surface area contributed by atoms with E-state index in [1.165, 1.54) is 12.1 Å². The minimum Gasteiger partial charge on any atom is -0.478 e. The molecule has 0 spiro atoms. The van der Waals surface area contributed by atoms with Crippen molar-refractivity contribution in [3.63, 3.8) is 0 Å². The molecule has 2 rings (SSSR count). The predicted molar refractivity (Wildman–Crippen MR) is 82.8 cm³/mol. The Bertz CT molecular complexity index is 532. The van der Waals surface area contributed by atoms with Crippen molar-refractivity contribution in [2.45, 2.75) is 26.7 Å². The lowest BCUT2D eigenvalue weighted by Crippen LogP contribution is -2.36. The first-order valence-electron chi connectivity index (χ1n) is 7.43. The van der Waals surface area contributed by atoms with E-state index in [-0.39, 0.29) is 5.82 Å². The van der Waals surface area contributed by atoms with Crippen LogP contribution in [0.25, 0.3) is 6.08 Å². The highest BCUT2D eigenvalue weighted by Crippen LogP contribution is 2.32. The van der Waals surface area contributed by atoms with Gasteiger partial charge in [-0.3, -0.25) is 0 Å². The molecule has 1 aliphatic rings. The van der Waals surface area contributed by atoms with Crippen LogP contribution in [0.4, 0.5) is 10.1 Å². The summed E-state index contributed by atoms with van der Waals surface area (Å²) < 4.78 is 14.2. The van der Waals surface area contributed by atoms with E-state index < -0.39 is 5.97 Å². The van der Waals surface area contributed by atoms with Gasteiger partial charge < -0.3 is 10.0 Å². The summed E-state index contributed by atoms with van der Waals surface area (Å²) in [4.78, 5) is 12.7. The van der Waals surface area contributed by atoms with Gasteiger partial charge in [-0.2, -0.15) is 0 Å². The average molecular weight is 291 g/mol. The Morgan fingerprint density at radius 3 is 2.62 bits per heavy atom. The third-order valence-electron chi connectivity index (χ3n) is 4.22. The largest absolute Gasteiger partial charge is 0.478 e. The van der Waals surface area contributed by atoms with Crippen molar-refractivity contribution in [1.29, 1.82) is 0 Å². The number of benzene rings is 1. The topological polar surface area (TPSA) is 40.5 Å². The molecule has 1 aromatic carbocycles. The molecular weight excluding hydrogens is 269 g/mol. The number of aliphatic carboxylic acids is 1. The molecule has 21 heavy (non-hydrogen) atoms. The van der Waals surface area contributed by atoms with E-state index >= 15 is 0 Å². The number of para-hydroxylation sites is 1. The van der Waals surface area contributed by atoms with Gasteiger partial charge in [-0.1, -0.05) is 26.0 Å². The van der Waals surface area contributed by atoms with Crippen LogP contribution >= 0.6 is 0 Å². The van der Waals surface area contributed by atoms with Crippen molar-refractivity contribution < 1.29 is 14.3 Å². The standard InChI is InChI=1S/C17H22FNO2/c1-12(2)13-8-10-19(11-9-13)17-14(6-7-16(20)21)4-3-5-15(17)18/h3-7,12-13H,8-11H2,1-2H3,(H,20,21)/b7-6+. The highest BCUT2D eigenvalue weighted by Gasteiger charge is 2.24. The zero-order valence-corrected chi connectivity index (χ0v) is 12.6. The SMILES string of the molecule is CC(C)C1CCN(c2c(F)cccc2/C=C/C(=O)O)CC1. The first-order chi connectivity index (χ1) is 9.99. The number of carboxylic acids is 1. The van der Waals surface area contributed by atoms with Crippen molar-refractivity contribution in [2.24, 2.45) is 11.8 Å². The van der Waals surface area contributed by atoms with Crippen molar-refractivity contribution >= 4 is 17.7 Å². The van der Waals surface area contributed by atoms with E-state index in [1.807, 2.05) is 4.90 Å². The van der Waals surface area contributed by atoms with Crippen LogP contribution < -0.4 is 4.90 Å². The molecule has 1 saturated heterocycles. The Kier molecular flexibility index (Phi) is 4.99. The molecule has 114 valence electrons. The summed E-state index contributed by atoms with van der Waals surface area (Å²) >= 11 is 0. The maximum atomic E-state index is 14.2. The summed E-state index contributed by atoms with van der Waals surface area (Å²) in [6.07, 6.45) is 4.62. The second-order valence-electron chi connectivity index (χ2n) is 5.92. The van der Waals surface area contributed by atoms with E-state index in [2.05, 4.69) is 13.8 Å². The Morgan fingerprint density at radius 1 is 1.38 bits per heavy atom. The normalized spacial score (nSPS) is 16.9. The fourth-order valence-corrected chi connectivity index (χ4v) is 2.95. The number of anilines is 1. The number of carboxylic acid groups (broad SMARTS) is 1. The molecule has 0 aromatic heterocycles. The van der Waals surface area contributed by atoms with Crippen LogP contribution in [-0.2, 0) is 4.79 Å². The molecule has 0 atom stereocenters. The van der Waals surface area contributed by atoms with Gasteiger partial charge in [0.05, 0.1) is 5.69 Å². The minimum atomic E-state index is -1.02. The number of halogens is 1. The summed E-state index contributed by atoms with van der Waals surface area (Å²) in [7, 11) is 0. The number of hydrogen-bond donors (Lipinski definition) is 1. The van der Waals surface area contributed by atoms with Crippen LogP contribution in [0.15, 0.2) is 24.3 Å². The van der Waals surface area contributed by atoms with E-state index in [4.69, 9.17) is 5.11 Å². The van der Waals surface area contributed by atoms with Gasteiger partial charge in [0.25, 0.3) is 0 Å². The zero-order valence-electron chi connectivity index (χ0n) is 12.6. The number of rotatable bonds is 4. The maximum absolute atomic E-state index is 14.2. The van der Waals surface area contributed by atoms with Crippen LogP contribution in [0.1, 0.15) is 32.3 Å². The molecule has 1 aliphatic heterocycles. The van der Waals surface area contributed by atoms with Crippen LogP contribution in [0.5, 0.6) is 0 Å². The monoisotopic (exact) mass is 291 g/mol. The van der Waals surface area contributed by atoms with E-state index in [0.717, 1.165) is 32.0 Å². The summed E-state index contributed by atoms with van der Waals surface area (Å²) in [6, 6.07) is 4.80. The minimum absolute atomic E-state index is 0.287. The molecule has 3 nitrogen and oxygen atoms in total. The maximum Gasteiger partial charge on any atom is 0.328 e. The van der Waals surface area contributed by atoms with Crippen LogP contribution in [0.2, 0.25) is 0 Å². The lowest BCUT2D eigenvalue weighted by Gasteiger charge is -2.36. The molecule has 0 amide bonds. The van der Waals surface area contributed by atoms with Crippen molar-refractivity contribution in [3.8, 4) is 0 Å². The highest BCUT2D eigenvalue weighted by atomic mass is 19.1. The van der Waals surface area contributed by atoms with Crippen LogP contribution in [0, 0.1) is 17.7 Å². The smallest absolute Gasteiger partial charge is 0.328 e. The van der Waals surface area contributed by atoms with Gasteiger partial charge in [0.15, 0.2) is 0 Å². The zero-order chi connectivity index (χ0) is 15.4. The molecule has 0 aliphatic carbocycles. The summed E-state index contributed by atoms with van der Waals surface area (Å²) in [5.74, 6) is 0.0273. The first-order valence-corrected chi connectivity index (χ1v) is 7.43.